The fourth-order valence-electron chi connectivity index (χ4n) is 5.80. The van der Waals surface area contributed by atoms with Gasteiger partial charge in [-0.1, -0.05) is 23.7 Å². The summed E-state index contributed by atoms with van der Waals surface area (Å²) < 4.78 is 66.7. The molecule has 3 aromatic rings. The Morgan fingerprint density at radius 3 is 2.41 bits per heavy atom. The van der Waals surface area contributed by atoms with Crippen LogP contribution in [-0.4, -0.2) is 48.5 Å². The van der Waals surface area contributed by atoms with Crippen molar-refractivity contribution in [3.63, 3.8) is 0 Å². The van der Waals surface area contributed by atoms with Crippen molar-refractivity contribution in [2.24, 2.45) is 0 Å². The Hall–Kier alpha value is -2.67. The molecule has 2 unspecified atom stereocenters. The number of aromatic nitrogens is 1. The van der Waals surface area contributed by atoms with Crippen LogP contribution in [0.3, 0.4) is 0 Å². The van der Waals surface area contributed by atoms with Crippen LogP contribution in [-0.2, 0) is 22.7 Å². The zero-order chi connectivity index (χ0) is 29.6. The predicted molar refractivity (Wildman–Crippen MR) is 153 cm³/mol. The van der Waals surface area contributed by atoms with Gasteiger partial charge in [0.1, 0.15) is 18.4 Å². The van der Waals surface area contributed by atoms with Crippen LogP contribution in [0.15, 0.2) is 52.7 Å². The van der Waals surface area contributed by atoms with E-state index in [1.807, 2.05) is 6.07 Å². The number of thiophene rings is 1. The standard InChI is InChI=1S/C28H30ClF3N4O3S2/c1-18-5-3-13-35(18)25-16-20(15-23(34-25)21-7-9-22(10-8-21)28(30,31)32)17-33-27(37)36(14-4-6-19(36)2)41(38,39)26-12-11-24(29)40-26/h7-12,15-16,18-19H,3-6,13-14,17H2,1-2H3/p+1/t18?,19-,36?/m1/s1. The summed E-state index contributed by atoms with van der Waals surface area (Å²) in [5.74, 6) is 0.663. The molecule has 1 N–H and O–H groups in total. The number of hydrogen-bond acceptors (Lipinski definition) is 6. The Bertz CT molecular complexity index is 1550. The van der Waals surface area contributed by atoms with Gasteiger partial charge in [-0.25, -0.2) is 9.78 Å². The van der Waals surface area contributed by atoms with Crippen LogP contribution in [0.2, 0.25) is 4.34 Å². The molecule has 2 aromatic heterocycles. The first-order chi connectivity index (χ1) is 19.3. The number of anilines is 1. The summed E-state index contributed by atoms with van der Waals surface area (Å²) >= 11 is 6.96. The number of urea groups is 1. The van der Waals surface area contributed by atoms with E-state index in [9.17, 15) is 26.4 Å². The highest BCUT2D eigenvalue weighted by Gasteiger charge is 2.57. The predicted octanol–water partition coefficient (Wildman–Crippen LogP) is 7.07. The van der Waals surface area contributed by atoms with Gasteiger partial charge in [0.05, 0.1) is 15.6 Å². The minimum atomic E-state index is -4.45. The number of rotatable bonds is 6. The number of nitrogens with one attached hydrogen (secondary N) is 1. The zero-order valence-corrected chi connectivity index (χ0v) is 25.0. The molecular weight excluding hydrogens is 597 g/mol. The van der Waals surface area contributed by atoms with E-state index in [1.165, 1.54) is 24.3 Å². The molecule has 1 aromatic carbocycles. The molecule has 2 saturated heterocycles. The SMILES string of the molecule is CC1CCCN1c1cc(CNC(=O)[N+]2(S(=O)(=O)c3ccc(Cl)s3)CCC[C@H]2C)cc(-c2ccc(C(F)(F)F)cc2)n1. The minimum absolute atomic E-state index is 0.0254. The summed E-state index contributed by atoms with van der Waals surface area (Å²) in [6, 6.07) is 10.5. The highest BCUT2D eigenvalue weighted by Crippen LogP contribution is 2.39. The number of benzene rings is 1. The molecule has 2 fully saturated rings. The molecule has 0 spiro atoms. The van der Waals surface area contributed by atoms with Crippen LogP contribution in [0.25, 0.3) is 11.3 Å². The van der Waals surface area contributed by atoms with Gasteiger partial charge in [-0.05, 0) is 68.7 Å². The van der Waals surface area contributed by atoms with Crippen molar-refractivity contribution in [1.82, 2.24) is 10.3 Å². The molecule has 2 aliphatic rings. The van der Waals surface area contributed by atoms with E-state index in [-0.39, 0.29) is 23.3 Å². The van der Waals surface area contributed by atoms with E-state index in [0.717, 1.165) is 42.9 Å². The molecule has 2 aliphatic heterocycles. The van der Waals surface area contributed by atoms with E-state index < -0.39 is 37.7 Å². The van der Waals surface area contributed by atoms with Crippen molar-refractivity contribution in [1.29, 1.82) is 0 Å². The molecular formula is C28H31ClF3N4O3S2+. The van der Waals surface area contributed by atoms with Crippen molar-refractivity contribution in [2.75, 3.05) is 18.0 Å². The van der Waals surface area contributed by atoms with E-state index >= 15 is 0 Å². The summed E-state index contributed by atoms with van der Waals surface area (Å²) in [6.45, 7) is 4.81. The highest BCUT2D eigenvalue weighted by molar-refractivity contribution is 7.88. The number of carbonyl (C=O) groups is 1. The molecule has 2 amide bonds. The van der Waals surface area contributed by atoms with Gasteiger partial charge in [-0.2, -0.15) is 21.6 Å². The maximum atomic E-state index is 13.8. The zero-order valence-electron chi connectivity index (χ0n) is 22.6. The van der Waals surface area contributed by atoms with E-state index in [1.54, 1.807) is 13.0 Å². The summed E-state index contributed by atoms with van der Waals surface area (Å²) in [7, 11) is -4.08. The first-order valence-electron chi connectivity index (χ1n) is 13.4. The van der Waals surface area contributed by atoms with E-state index in [0.29, 0.717) is 39.8 Å². The monoisotopic (exact) mass is 627 g/mol. The summed E-state index contributed by atoms with van der Waals surface area (Å²) in [6.07, 6.45) is -1.31. The number of halogens is 4. The second kappa shape index (κ2) is 11.2. The Balaban J connectivity index is 1.47. The molecule has 41 heavy (non-hydrogen) atoms. The van der Waals surface area contributed by atoms with Crippen LogP contribution in [0.4, 0.5) is 23.8 Å². The number of nitrogens with zero attached hydrogens (tertiary/aromatic N) is 3. The average Bonchev–Trinajstić information content (AvgIpc) is 3.67. The molecule has 0 saturated carbocycles. The molecule has 0 bridgehead atoms. The normalized spacial score (nSPS) is 23.2. The Morgan fingerprint density at radius 2 is 1.85 bits per heavy atom. The maximum absolute atomic E-state index is 13.8. The van der Waals surface area contributed by atoms with Crippen LogP contribution >= 0.6 is 22.9 Å². The molecule has 0 radical (unpaired) electrons. The Labute approximate surface area is 246 Å². The van der Waals surface area contributed by atoms with Crippen LogP contribution in [0.1, 0.15) is 50.7 Å². The van der Waals surface area contributed by atoms with Gasteiger partial charge in [0, 0.05) is 37.5 Å². The number of hydrogen-bond donors (Lipinski definition) is 1. The van der Waals surface area contributed by atoms with E-state index in [4.69, 9.17) is 16.6 Å². The Kier molecular flexibility index (Phi) is 8.14. The number of likely N-dealkylation sites (tertiary alicyclic amines) is 1. The van der Waals surface area contributed by atoms with E-state index in [2.05, 4.69) is 17.1 Å². The number of sulfonamides is 1. The van der Waals surface area contributed by atoms with Gasteiger partial charge >= 0.3 is 22.2 Å². The third-order valence-electron chi connectivity index (χ3n) is 8.07. The molecule has 220 valence electrons. The molecule has 7 nitrogen and oxygen atoms in total. The van der Waals surface area contributed by atoms with Crippen molar-refractivity contribution in [3.05, 3.63) is 64.0 Å². The largest absolute Gasteiger partial charge is 0.432 e. The fourth-order valence-corrected chi connectivity index (χ4v) is 9.59. The van der Waals surface area contributed by atoms with Crippen molar-refractivity contribution < 1.29 is 30.3 Å². The number of pyridine rings is 1. The third-order valence-corrected chi connectivity index (χ3v) is 12.2. The van der Waals surface area contributed by atoms with Gasteiger partial charge in [0.15, 0.2) is 4.21 Å². The summed E-state index contributed by atoms with van der Waals surface area (Å²) in [5, 5.41) is 2.86. The first-order valence-corrected chi connectivity index (χ1v) is 16.1. The van der Waals surface area contributed by atoms with Crippen molar-refractivity contribution in [3.8, 4) is 11.3 Å². The molecule has 4 heterocycles. The lowest BCUT2D eigenvalue weighted by atomic mass is 10.1. The van der Waals surface area contributed by atoms with Gasteiger partial charge < -0.3 is 10.2 Å². The smallest absolute Gasteiger partial charge is 0.354 e. The number of carbonyl (C=O) groups excluding carboxylic acids is 1. The van der Waals surface area contributed by atoms with Gasteiger partial charge in [-0.15, -0.1) is 15.2 Å². The van der Waals surface area contributed by atoms with Crippen molar-refractivity contribution >= 4 is 44.8 Å². The van der Waals surface area contributed by atoms with Gasteiger partial charge in [-0.3, -0.25) is 0 Å². The summed E-state index contributed by atoms with van der Waals surface area (Å²) in [5.41, 5.74) is 0.894. The second-order valence-corrected chi connectivity index (χ2v) is 14.7. The molecule has 13 heteroatoms. The van der Waals surface area contributed by atoms with Crippen LogP contribution in [0.5, 0.6) is 0 Å². The second-order valence-electron chi connectivity index (χ2n) is 10.7. The van der Waals surface area contributed by atoms with Gasteiger partial charge in [0.25, 0.3) is 0 Å². The maximum Gasteiger partial charge on any atom is 0.432 e. The van der Waals surface area contributed by atoms with Gasteiger partial charge in [0.2, 0.25) is 0 Å². The highest BCUT2D eigenvalue weighted by atomic mass is 35.5. The Morgan fingerprint density at radius 1 is 1.12 bits per heavy atom. The van der Waals surface area contributed by atoms with Crippen molar-refractivity contribution in [2.45, 2.75) is 68.5 Å². The first kappa shape index (κ1) is 29.8. The minimum Gasteiger partial charge on any atom is -0.354 e. The molecule has 3 atom stereocenters. The molecule has 0 aliphatic carbocycles. The lowest BCUT2D eigenvalue weighted by molar-refractivity contribution is -0.733. The average molecular weight is 628 g/mol. The fraction of sp³-hybridized carbons (Fsp3) is 0.429. The number of alkyl halides is 3. The lowest BCUT2D eigenvalue weighted by Crippen LogP contribution is -2.62. The number of quaternary nitrogens is 1. The summed E-state index contributed by atoms with van der Waals surface area (Å²) in [4.78, 5) is 20.7. The molecule has 5 rings (SSSR count). The quantitative estimate of drug-likeness (QED) is 0.296. The topological polar surface area (TPSA) is 79.4 Å². The van der Waals surface area contributed by atoms with Crippen LogP contribution < -0.4 is 10.2 Å². The van der Waals surface area contributed by atoms with Crippen LogP contribution in [0, 0.1) is 0 Å². The number of amides is 2. The lowest BCUT2D eigenvalue weighted by Gasteiger charge is -2.33. The third kappa shape index (κ3) is 5.59.